The molecule has 2 aliphatic rings. The van der Waals surface area contributed by atoms with E-state index in [9.17, 15) is 0 Å². The highest BCUT2D eigenvalue weighted by molar-refractivity contribution is 4.92. The molecule has 0 bridgehead atoms. The average Bonchev–Trinajstić information content (AvgIpc) is 2.87. The minimum Gasteiger partial charge on any atom is -0.319 e. The van der Waals surface area contributed by atoms with E-state index in [4.69, 9.17) is 0 Å². The van der Waals surface area contributed by atoms with E-state index in [1.165, 1.54) is 45.1 Å². The third-order valence-corrected chi connectivity index (χ3v) is 3.70. The van der Waals surface area contributed by atoms with Crippen LogP contribution in [0, 0.1) is 17.8 Å². The second kappa shape index (κ2) is 3.78. The van der Waals surface area contributed by atoms with E-state index in [1.54, 1.807) is 0 Å². The van der Waals surface area contributed by atoms with Gasteiger partial charge in [0.25, 0.3) is 0 Å². The lowest BCUT2D eigenvalue weighted by molar-refractivity contribution is 0.309. The molecule has 0 aromatic rings. The molecule has 2 atom stereocenters. The Morgan fingerprint density at radius 2 is 1.92 bits per heavy atom. The Balaban J connectivity index is 1.72. The maximum Gasteiger partial charge on any atom is -0.00207 e. The molecule has 0 radical (unpaired) electrons. The van der Waals surface area contributed by atoms with E-state index in [0.717, 1.165) is 17.8 Å². The van der Waals surface area contributed by atoms with E-state index in [0.29, 0.717) is 0 Å². The highest BCUT2D eigenvalue weighted by Crippen LogP contribution is 2.48. The summed E-state index contributed by atoms with van der Waals surface area (Å²) in [5.41, 5.74) is 0. The topological polar surface area (TPSA) is 12.0 Å². The molecule has 2 fully saturated rings. The normalized spacial score (nSPS) is 36.8. The largest absolute Gasteiger partial charge is 0.319 e. The lowest BCUT2D eigenvalue weighted by Crippen LogP contribution is -2.15. The molecule has 12 heavy (non-hydrogen) atoms. The standard InChI is InChI=1S/C11H21N/c1-12-8-10-7-11(10)9-5-3-2-4-6-9/h9-12H,2-8H2,1H3. The van der Waals surface area contributed by atoms with E-state index >= 15 is 0 Å². The Kier molecular flexibility index (Phi) is 2.69. The third-order valence-electron chi connectivity index (χ3n) is 3.70. The van der Waals surface area contributed by atoms with Gasteiger partial charge in [0.2, 0.25) is 0 Å². The van der Waals surface area contributed by atoms with Crippen LogP contribution in [0.2, 0.25) is 0 Å². The van der Waals surface area contributed by atoms with Gasteiger partial charge in [-0.2, -0.15) is 0 Å². The summed E-state index contributed by atoms with van der Waals surface area (Å²) in [6.45, 7) is 1.27. The number of nitrogens with one attached hydrogen (secondary N) is 1. The first-order valence-corrected chi connectivity index (χ1v) is 5.56. The van der Waals surface area contributed by atoms with Crippen molar-refractivity contribution in [3.63, 3.8) is 0 Å². The Morgan fingerprint density at radius 1 is 1.17 bits per heavy atom. The van der Waals surface area contributed by atoms with Crippen LogP contribution in [0.15, 0.2) is 0 Å². The fourth-order valence-electron chi connectivity index (χ4n) is 2.91. The lowest BCUT2D eigenvalue weighted by atomic mass is 9.85. The monoisotopic (exact) mass is 167 g/mol. The lowest BCUT2D eigenvalue weighted by Gasteiger charge is -2.21. The zero-order valence-corrected chi connectivity index (χ0v) is 8.18. The zero-order chi connectivity index (χ0) is 8.39. The van der Waals surface area contributed by atoms with Crippen molar-refractivity contribution >= 4 is 0 Å². The van der Waals surface area contributed by atoms with Crippen LogP contribution in [0.4, 0.5) is 0 Å². The first-order valence-electron chi connectivity index (χ1n) is 5.56. The van der Waals surface area contributed by atoms with Gasteiger partial charge >= 0.3 is 0 Å². The number of hydrogen-bond donors (Lipinski definition) is 1. The summed E-state index contributed by atoms with van der Waals surface area (Å²) in [5, 5.41) is 3.30. The molecule has 1 heteroatoms. The molecule has 70 valence electrons. The first kappa shape index (κ1) is 8.55. The van der Waals surface area contributed by atoms with Gasteiger partial charge in [-0.25, -0.2) is 0 Å². The fourth-order valence-corrected chi connectivity index (χ4v) is 2.91. The van der Waals surface area contributed by atoms with Crippen molar-refractivity contribution in [1.29, 1.82) is 0 Å². The minimum atomic E-state index is 1.04. The smallest absolute Gasteiger partial charge is 0.00207 e. The van der Waals surface area contributed by atoms with Gasteiger partial charge in [0, 0.05) is 0 Å². The van der Waals surface area contributed by atoms with Crippen LogP contribution in [-0.2, 0) is 0 Å². The van der Waals surface area contributed by atoms with Gasteiger partial charge in [-0.05, 0) is 37.8 Å². The maximum absolute atomic E-state index is 3.30. The maximum atomic E-state index is 3.30. The van der Waals surface area contributed by atoms with Gasteiger partial charge in [0.1, 0.15) is 0 Å². The molecular formula is C11H21N. The number of rotatable bonds is 3. The summed E-state index contributed by atoms with van der Waals surface area (Å²) in [6, 6.07) is 0. The number of hydrogen-bond acceptors (Lipinski definition) is 1. The summed E-state index contributed by atoms with van der Waals surface area (Å²) in [5.74, 6) is 3.26. The van der Waals surface area contributed by atoms with E-state index in [2.05, 4.69) is 12.4 Å². The Morgan fingerprint density at radius 3 is 2.58 bits per heavy atom. The van der Waals surface area contributed by atoms with Gasteiger partial charge in [-0.15, -0.1) is 0 Å². The van der Waals surface area contributed by atoms with Crippen LogP contribution in [0.3, 0.4) is 0 Å². The van der Waals surface area contributed by atoms with Crippen LogP contribution in [0.5, 0.6) is 0 Å². The summed E-state index contributed by atoms with van der Waals surface area (Å²) in [6.07, 6.45) is 9.10. The molecule has 0 amide bonds. The highest BCUT2D eigenvalue weighted by atomic mass is 14.8. The molecule has 1 N–H and O–H groups in total. The van der Waals surface area contributed by atoms with Crippen molar-refractivity contribution in [3.05, 3.63) is 0 Å². The van der Waals surface area contributed by atoms with Gasteiger partial charge in [0.15, 0.2) is 0 Å². The highest BCUT2D eigenvalue weighted by Gasteiger charge is 2.41. The molecule has 2 aliphatic carbocycles. The van der Waals surface area contributed by atoms with Gasteiger partial charge in [-0.1, -0.05) is 32.1 Å². The van der Waals surface area contributed by atoms with Crippen LogP contribution in [0.25, 0.3) is 0 Å². The molecule has 2 saturated carbocycles. The Hall–Kier alpha value is -0.0400. The zero-order valence-electron chi connectivity index (χ0n) is 8.18. The molecule has 0 aliphatic heterocycles. The molecule has 2 rings (SSSR count). The first-order chi connectivity index (χ1) is 5.92. The van der Waals surface area contributed by atoms with Crippen LogP contribution in [-0.4, -0.2) is 13.6 Å². The van der Waals surface area contributed by atoms with Crippen molar-refractivity contribution in [1.82, 2.24) is 5.32 Å². The summed E-state index contributed by atoms with van der Waals surface area (Å²) in [7, 11) is 2.08. The minimum absolute atomic E-state index is 1.04. The molecule has 0 heterocycles. The van der Waals surface area contributed by atoms with Crippen molar-refractivity contribution in [2.45, 2.75) is 38.5 Å². The molecule has 0 saturated heterocycles. The van der Waals surface area contributed by atoms with Crippen molar-refractivity contribution in [3.8, 4) is 0 Å². The van der Waals surface area contributed by atoms with E-state index in [-0.39, 0.29) is 0 Å². The van der Waals surface area contributed by atoms with Crippen LogP contribution >= 0.6 is 0 Å². The summed E-state index contributed by atoms with van der Waals surface area (Å²) in [4.78, 5) is 0. The quantitative estimate of drug-likeness (QED) is 0.680. The van der Waals surface area contributed by atoms with Crippen LogP contribution < -0.4 is 5.32 Å². The van der Waals surface area contributed by atoms with Gasteiger partial charge in [-0.3, -0.25) is 0 Å². The second-order valence-electron chi connectivity index (χ2n) is 4.62. The summed E-state index contributed by atoms with van der Waals surface area (Å²) >= 11 is 0. The van der Waals surface area contributed by atoms with Crippen LogP contribution in [0.1, 0.15) is 38.5 Å². The second-order valence-corrected chi connectivity index (χ2v) is 4.62. The average molecular weight is 167 g/mol. The van der Waals surface area contributed by atoms with Gasteiger partial charge < -0.3 is 5.32 Å². The van der Waals surface area contributed by atoms with E-state index in [1.807, 2.05) is 0 Å². The van der Waals surface area contributed by atoms with Crippen molar-refractivity contribution in [2.24, 2.45) is 17.8 Å². The SMILES string of the molecule is CNCC1CC1C1CCCCC1. The molecule has 0 aromatic carbocycles. The fraction of sp³-hybridized carbons (Fsp3) is 1.00. The van der Waals surface area contributed by atoms with Crippen molar-refractivity contribution in [2.75, 3.05) is 13.6 Å². The van der Waals surface area contributed by atoms with Crippen molar-refractivity contribution < 1.29 is 0 Å². The third kappa shape index (κ3) is 1.82. The predicted molar refractivity (Wildman–Crippen MR) is 52.1 cm³/mol. The summed E-state index contributed by atoms with van der Waals surface area (Å²) < 4.78 is 0. The molecule has 2 unspecified atom stereocenters. The molecule has 0 aromatic heterocycles. The Labute approximate surface area is 75.9 Å². The molecule has 1 nitrogen and oxygen atoms in total. The predicted octanol–water partition coefficient (Wildman–Crippen LogP) is 2.42. The molecule has 0 spiro atoms. The Bertz CT molecular complexity index is 138. The van der Waals surface area contributed by atoms with E-state index < -0.39 is 0 Å². The van der Waals surface area contributed by atoms with Gasteiger partial charge in [0.05, 0.1) is 0 Å². The molecular weight excluding hydrogens is 146 g/mol.